The van der Waals surface area contributed by atoms with Crippen molar-refractivity contribution in [3.05, 3.63) is 81.8 Å². The van der Waals surface area contributed by atoms with Crippen LogP contribution in [0.4, 0.5) is 4.39 Å². The van der Waals surface area contributed by atoms with E-state index in [1.54, 1.807) is 51.5 Å². The number of amides is 2. The summed E-state index contributed by atoms with van der Waals surface area (Å²) < 4.78 is 24.1. The van der Waals surface area contributed by atoms with Crippen LogP contribution in [0.1, 0.15) is 41.1 Å². The summed E-state index contributed by atoms with van der Waals surface area (Å²) in [5.74, 6) is 0.393. The van der Waals surface area contributed by atoms with Crippen LogP contribution in [0, 0.1) is 5.82 Å². The molecule has 0 bridgehead atoms. The standard InChI is InChI=1S/C26H27FN2O4S/c1-3-18(2)29(26(31)20-8-11-23-24(13-20)33-17-32-23)16-25(30)28(15-22-5-4-12-34-22)14-19-6-9-21(27)10-7-19/h4-13,18H,3,14-17H2,1-2H3/t18-/m1/s1. The molecule has 2 heterocycles. The lowest BCUT2D eigenvalue weighted by atomic mass is 10.1. The van der Waals surface area contributed by atoms with E-state index < -0.39 is 0 Å². The molecule has 0 saturated carbocycles. The number of halogens is 1. The molecule has 1 aliphatic rings. The van der Waals surface area contributed by atoms with Crippen LogP contribution >= 0.6 is 11.3 Å². The highest BCUT2D eigenvalue weighted by Gasteiger charge is 2.27. The molecule has 8 heteroatoms. The summed E-state index contributed by atoms with van der Waals surface area (Å²) in [5, 5.41) is 1.96. The monoisotopic (exact) mass is 482 g/mol. The molecule has 1 aromatic heterocycles. The van der Waals surface area contributed by atoms with E-state index in [2.05, 4.69) is 0 Å². The summed E-state index contributed by atoms with van der Waals surface area (Å²) in [5.41, 5.74) is 1.27. The smallest absolute Gasteiger partial charge is 0.254 e. The van der Waals surface area contributed by atoms with E-state index in [0.717, 1.165) is 10.4 Å². The lowest BCUT2D eigenvalue weighted by Gasteiger charge is -2.31. The molecule has 0 radical (unpaired) electrons. The second-order valence-corrected chi connectivity index (χ2v) is 9.25. The lowest BCUT2D eigenvalue weighted by Crippen LogP contribution is -2.46. The fourth-order valence-corrected chi connectivity index (χ4v) is 4.44. The van der Waals surface area contributed by atoms with Crippen molar-refractivity contribution >= 4 is 23.2 Å². The van der Waals surface area contributed by atoms with Crippen molar-refractivity contribution in [2.24, 2.45) is 0 Å². The van der Waals surface area contributed by atoms with Gasteiger partial charge in [-0.1, -0.05) is 25.1 Å². The Hall–Kier alpha value is -3.39. The number of carbonyl (C=O) groups is 2. The average Bonchev–Trinajstić information content (AvgIpc) is 3.54. The van der Waals surface area contributed by atoms with Crippen molar-refractivity contribution in [3.63, 3.8) is 0 Å². The topological polar surface area (TPSA) is 59.1 Å². The van der Waals surface area contributed by atoms with Crippen LogP contribution < -0.4 is 9.47 Å². The SMILES string of the molecule is CC[C@@H](C)N(CC(=O)N(Cc1ccc(F)cc1)Cc1cccs1)C(=O)c1ccc2c(c1)OCO2. The molecule has 178 valence electrons. The van der Waals surface area contributed by atoms with Gasteiger partial charge in [0.25, 0.3) is 5.91 Å². The molecule has 2 amide bonds. The Balaban J connectivity index is 1.55. The summed E-state index contributed by atoms with van der Waals surface area (Å²) >= 11 is 1.57. The van der Waals surface area contributed by atoms with Gasteiger partial charge in [0.15, 0.2) is 11.5 Å². The third-order valence-corrected chi connectivity index (χ3v) is 6.74. The third kappa shape index (κ3) is 5.56. The molecular formula is C26H27FN2O4S. The number of fused-ring (bicyclic) bond motifs is 1. The highest BCUT2D eigenvalue weighted by Crippen LogP contribution is 2.33. The number of hydrogen-bond acceptors (Lipinski definition) is 5. The summed E-state index contributed by atoms with van der Waals surface area (Å²) in [6, 6.07) is 15.0. The van der Waals surface area contributed by atoms with Gasteiger partial charge in [0.05, 0.1) is 6.54 Å². The predicted octanol–water partition coefficient (Wildman–Crippen LogP) is 5.09. The number of carbonyl (C=O) groups excluding carboxylic acids is 2. The molecule has 0 saturated heterocycles. The maximum atomic E-state index is 13.5. The Bertz CT molecular complexity index is 1130. The minimum atomic E-state index is -0.322. The van der Waals surface area contributed by atoms with Crippen molar-refractivity contribution in [2.45, 2.75) is 39.4 Å². The second kappa shape index (κ2) is 10.7. The maximum absolute atomic E-state index is 13.5. The van der Waals surface area contributed by atoms with Crippen LogP contribution in [0.2, 0.25) is 0 Å². The van der Waals surface area contributed by atoms with Gasteiger partial charge in [-0.25, -0.2) is 4.39 Å². The van der Waals surface area contributed by atoms with E-state index >= 15 is 0 Å². The van der Waals surface area contributed by atoms with Crippen molar-refractivity contribution in [2.75, 3.05) is 13.3 Å². The highest BCUT2D eigenvalue weighted by atomic mass is 32.1. The normalized spacial score (nSPS) is 12.9. The van der Waals surface area contributed by atoms with Crippen LogP contribution in [0.25, 0.3) is 0 Å². The highest BCUT2D eigenvalue weighted by molar-refractivity contribution is 7.09. The van der Waals surface area contributed by atoms with Crippen LogP contribution in [-0.2, 0) is 17.9 Å². The molecule has 0 fully saturated rings. The van der Waals surface area contributed by atoms with E-state index in [1.165, 1.54) is 12.1 Å². The summed E-state index contributed by atoms with van der Waals surface area (Å²) in [7, 11) is 0. The van der Waals surface area contributed by atoms with Crippen molar-refractivity contribution < 1.29 is 23.5 Å². The molecule has 0 unspecified atom stereocenters. The molecular weight excluding hydrogens is 455 g/mol. The van der Waals surface area contributed by atoms with Gasteiger partial charge in [0.1, 0.15) is 12.4 Å². The first-order valence-corrected chi connectivity index (χ1v) is 12.1. The fraction of sp³-hybridized carbons (Fsp3) is 0.308. The Morgan fingerprint density at radius 1 is 1.06 bits per heavy atom. The van der Waals surface area contributed by atoms with Gasteiger partial charge in [-0.15, -0.1) is 11.3 Å². The van der Waals surface area contributed by atoms with E-state index in [1.807, 2.05) is 31.4 Å². The van der Waals surface area contributed by atoms with Gasteiger partial charge in [-0.3, -0.25) is 9.59 Å². The zero-order chi connectivity index (χ0) is 24.1. The number of hydrogen-bond donors (Lipinski definition) is 0. The maximum Gasteiger partial charge on any atom is 0.254 e. The Labute approximate surface area is 202 Å². The average molecular weight is 483 g/mol. The molecule has 4 rings (SSSR count). The summed E-state index contributed by atoms with van der Waals surface area (Å²) in [4.78, 5) is 31.3. The van der Waals surface area contributed by atoms with Crippen LogP contribution in [0.3, 0.4) is 0 Å². The molecule has 34 heavy (non-hydrogen) atoms. The summed E-state index contributed by atoms with van der Waals surface area (Å²) in [6.07, 6.45) is 0.701. The van der Waals surface area contributed by atoms with Crippen molar-refractivity contribution in [1.82, 2.24) is 9.80 Å². The molecule has 0 aliphatic carbocycles. The van der Waals surface area contributed by atoms with E-state index in [4.69, 9.17) is 9.47 Å². The number of thiophene rings is 1. The summed E-state index contributed by atoms with van der Waals surface area (Å²) in [6.45, 7) is 4.72. The number of benzene rings is 2. The van der Waals surface area contributed by atoms with Crippen molar-refractivity contribution in [3.8, 4) is 11.5 Å². The second-order valence-electron chi connectivity index (χ2n) is 8.21. The Morgan fingerprint density at radius 2 is 1.82 bits per heavy atom. The van der Waals surface area contributed by atoms with Crippen molar-refractivity contribution in [1.29, 1.82) is 0 Å². The number of ether oxygens (including phenoxy) is 2. The quantitative estimate of drug-likeness (QED) is 0.427. The Morgan fingerprint density at radius 3 is 2.53 bits per heavy atom. The largest absolute Gasteiger partial charge is 0.454 e. The first kappa shape index (κ1) is 23.8. The van der Waals surface area contributed by atoms with Gasteiger partial charge in [0, 0.05) is 23.0 Å². The van der Waals surface area contributed by atoms with Gasteiger partial charge in [-0.05, 0) is 60.7 Å². The fourth-order valence-electron chi connectivity index (χ4n) is 3.72. The van der Waals surface area contributed by atoms with Gasteiger partial charge in [0.2, 0.25) is 12.7 Å². The number of rotatable bonds is 9. The van der Waals surface area contributed by atoms with Crippen LogP contribution in [0.15, 0.2) is 60.0 Å². The van der Waals surface area contributed by atoms with E-state index in [-0.39, 0.29) is 37.0 Å². The first-order valence-electron chi connectivity index (χ1n) is 11.2. The lowest BCUT2D eigenvalue weighted by molar-refractivity contribution is -0.133. The van der Waals surface area contributed by atoms with Gasteiger partial charge >= 0.3 is 0 Å². The zero-order valence-corrected chi connectivity index (χ0v) is 20.0. The minimum absolute atomic E-state index is 0.0607. The first-order chi connectivity index (χ1) is 16.4. The molecule has 3 aromatic rings. The number of nitrogens with zero attached hydrogens (tertiary/aromatic N) is 2. The molecule has 0 N–H and O–H groups in total. The van der Waals surface area contributed by atoms with Gasteiger partial charge in [-0.2, -0.15) is 0 Å². The Kier molecular flexibility index (Phi) is 7.47. The predicted molar refractivity (Wildman–Crippen MR) is 128 cm³/mol. The minimum Gasteiger partial charge on any atom is -0.454 e. The molecule has 0 spiro atoms. The van der Waals surface area contributed by atoms with E-state index in [0.29, 0.717) is 36.6 Å². The molecule has 6 nitrogen and oxygen atoms in total. The van der Waals surface area contributed by atoms with Crippen LogP contribution in [-0.4, -0.2) is 41.0 Å². The molecule has 1 aliphatic heterocycles. The zero-order valence-electron chi connectivity index (χ0n) is 19.2. The van der Waals surface area contributed by atoms with E-state index in [9.17, 15) is 14.0 Å². The van der Waals surface area contributed by atoms with Gasteiger partial charge < -0.3 is 19.3 Å². The molecule has 1 atom stereocenters. The third-order valence-electron chi connectivity index (χ3n) is 5.88. The molecule has 2 aromatic carbocycles. The van der Waals surface area contributed by atoms with Crippen LogP contribution in [0.5, 0.6) is 11.5 Å².